The Kier molecular flexibility index (Phi) is 13.9. The van der Waals surface area contributed by atoms with Gasteiger partial charge in [0.2, 0.25) is 0 Å². The van der Waals surface area contributed by atoms with Crippen LogP contribution in [0.5, 0.6) is 0 Å². The van der Waals surface area contributed by atoms with Crippen LogP contribution in [0, 0.1) is 5.92 Å². The Hall–Kier alpha value is -0.640. The Balaban J connectivity index is 0. The molecule has 0 aromatic rings. The third-order valence-corrected chi connectivity index (χ3v) is 5.29. The summed E-state index contributed by atoms with van der Waals surface area (Å²) in [5, 5.41) is -2.64. The first kappa shape index (κ1) is 33.5. The summed E-state index contributed by atoms with van der Waals surface area (Å²) in [6, 6.07) is 0. The first-order valence-electron chi connectivity index (χ1n) is 9.01. The topological polar surface area (TPSA) is 107 Å². The molecule has 0 spiro atoms. The van der Waals surface area contributed by atoms with E-state index in [2.05, 4.69) is 4.74 Å². The van der Waals surface area contributed by atoms with E-state index < -0.39 is 58.4 Å². The van der Waals surface area contributed by atoms with Crippen molar-refractivity contribution in [2.24, 2.45) is 5.92 Å². The SMILES string of the molecule is CCCCC(CC)COC(=O)C(CC(=O)OCC(F)(F)C(F)(F)C(F)(F)F)S(=O)(=O)O.[NaH]. The zero-order valence-corrected chi connectivity index (χ0v) is 17.4. The van der Waals surface area contributed by atoms with Gasteiger partial charge in [-0.05, 0) is 12.3 Å². The van der Waals surface area contributed by atoms with E-state index in [0.29, 0.717) is 12.8 Å². The number of ether oxygens (including phenoxy) is 2. The van der Waals surface area contributed by atoms with Crippen molar-refractivity contribution >= 4 is 51.6 Å². The Morgan fingerprint density at radius 2 is 1.53 bits per heavy atom. The predicted molar refractivity (Wildman–Crippen MR) is 98.3 cm³/mol. The summed E-state index contributed by atoms with van der Waals surface area (Å²) in [6.45, 7) is 0.613. The molecule has 1 N–H and O–H groups in total. The molecule has 0 heterocycles. The van der Waals surface area contributed by atoms with Crippen molar-refractivity contribution in [1.29, 1.82) is 0 Å². The van der Waals surface area contributed by atoms with Gasteiger partial charge in [0.05, 0.1) is 13.0 Å². The first-order valence-corrected chi connectivity index (χ1v) is 10.5. The van der Waals surface area contributed by atoms with Crippen LogP contribution in [0.25, 0.3) is 0 Å². The van der Waals surface area contributed by atoms with Crippen molar-refractivity contribution in [3.63, 3.8) is 0 Å². The zero-order valence-electron chi connectivity index (χ0n) is 16.6. The molecule has 0 amide bonds. The molecular formula is C16H24F7NaO7S. The molecule has 0 aromatic heterocycles. The van der Waals surface area contributed by atoms with E-state index in [1.54, 1.807) is 6.92 Å². The molecule has 186 valence electrons. The summed E-state index contributed by atoms with van der Waals surface area (Å²) in [5.41, 5.74) is 0. The second-order valence-electron chi connectivity index (χ2n) is 6.69. The number of esters is 2. The van der Waals surface area contributed by atoms with Crippen LogP contribution in [-0.2, 0) is 29.2 Å². The average Bonchev–Trinajstić information content (AvgIpc) is 2.62. The van der Waals surface area contributed by atoms with Crippen molar-refractivity contribution in [3.8, 4) is 0 Å². The molecule has 32 heavy (non-hydrogen) atoms. The van der Waals surface area contributed by atoms with Crippen LogP contribution in [-0.4, -0.2) is 91.0 Å². The predicted octanol–water partition coefficient (Wildman–Crippen LogP) is 3.12. The first-order chi connectivity index (χ1) is 13.9. The molecule has 16 heteroatoms. The number of unbranched alkanes of at least 4 members (excludes halogenated alkanes) is 1. The van der Waals surface area contributed by atoms with E-state index in [1.807, 2.05) is 6.92 Å². The minimum absolute atomic E-state index is 0. The standard InChI is InChI=1S/C16H23F7O7S.Na.H/c1-3-5-6-10(4-2)8-29-13(25)11(31(26,27)28)7-12(24)30-9-14(17,18)15(19,20)16(21,22)23;;/h10-11H,3-9H2,1-2H3,(H,26,27,28);;. The fourth-order valence-corrected chi connectivity index (χ4v) is 2.84. The third kappa shape index (κ3) is 10.1. The summed E-state index contributed by atoms with van der Waals surface area (Å²) >= 11 is 0. The second kappa shape index (κ2) is 13.3. The molecule has 0 radical (unpaired) electrons. The van der Waals surface area contributed by atoms with Gasteiger partial charge < -0.3 is 9.47 Å². The molecule has 7 nitrogen and oxygen atoms in total. The van der Waals surface area contributed by atoms with Gasteiger partial charge in [-0.25, -0.2) is 0 Å². The van der Waals surface area contributed by atoms with Crippen LogP contribution >= 0.6 is 0 Å². The monoisotopic (exact) mass is 516 g/mol. The van der Waals surface area contributed by atoms with Gasteiger partial charge in [-0.15, -0.1) is 0 Å². The quantitative estimate of drug-likeness (QED) is 0.174. The fraction of sp³-hybridized carbons (Fsp3) is 0.875. The molecule has 0 saturated carbocycles. The van der Waals surface area contributed by atoms with E-state index in [4.69, 9.17) is 9.29 Å². The Morgan fingerprint density at radius 3 is 1.94 bits per heavy atom. The van der Waals surface area contributed by atoms with Crippen molar-refractivity contribution in [2.75, 3.05) is 13.2 Å². The van der Waals surface area contributed by atoms with Crippen LogP contribution in [0.4, 0.5) is 30.7 Å². The summed E-state index contributed by atoms with van der Waals surface area (Å²) in [7, 11) is -5.33. The molecule has 2 unspecified atom stereocenters. The molecule has 0 aromatic carbocycles. The third-order valence-electron chi connectivity index (χ3n) is 4.21. The molecule has 2 atom stereocenters. The molecular weight excluding hydrogens is 492 g/mol. The van der Waals surface area contributed by atoms with Crippen LogP contribution in [0.15, 0.2) is 0 Å². The summed E-state index contributed by atoms with van der Waals surface area (Å²) in [4.78, 5) is 23.4. The number of rotatable bonds is 13. The fourth-order valence-electron chi connectivity index (χ4n) is 2.18. The van der Waals surface area contributed by atoms with Crippen LogP contribution in [0.1, 0.15) is 46.0 Å². The number of halogens is 7. The van der Waals surface area contributed by atoms with Gasteiger partial charge in [0.15, 0.2) is 11.9 Å². The van der Waals surface area contributed by atoms with Gasteiger partial charge in [0.25, 0.3) is 10.1 Å². The number of alkyl halides is 7. The van der Waals surface area contributed by atoms with Crippen molar-refractivity contribution in [1.82, 2.24) is 0 Å². The summed E-state index contributed by atoms with van der Waals surface area (Å²) in [6.07, 6.45) is -5.56. The van der Waals surface area contributed by atoms with Gasteiger partial charge in [0, 0.05) is 0 Å². The minimum atomic E-state index is -6.66. The van der Waals surface area contributed by atoms with Crippen molar-refractivity contribution < 1.29 is 62.8 Å². The van der Waals surface area contributed by atoms with Crippen LogP contribution in [0.2, 0.25) is 0 Å². The summed E-state index contributed by atoms with van der Waals surface area (Å²) in [5.74, 6) is -16.3. The van der Waals surface area contributed by atoms with Crippen LogP contribution < -0.4 is 0 Å². The Labute approximate surface area is 202 Å². The van der Waals surface area contributed by atoms with E-state index in [1.165, 1.54) is 0 Å². The second-order valence-corrected chi connectivity index (χ2v) is 8.29. The average molecular weight is 516 g/mol. The van der Waals surface area contributed by atoms with E-state index >= 15 is 0 Å². The maximum atomic E-state index is 13.1. The summed E-state index contributed by atoms with van der Waals surface area (Å²) < 4.78 is 128. The van der Waals surface area contributed by atoms with Crippen LogP contribution in [0.3, 0.4) is 0 Å². The Morgan fingerprint density at radius 1 is 1.00 bits per heavy atom. The van der Waals surface area contributed by atoms with Gasteiger partial charge in [-0.1, -0.05) is 33.1 Å². The number of carbonyl (C=O) groups is 2. The van der Waals surface area contributed by atoms with Gasteiger partial charge >= 0.3 is 59.5 Å². The normalized spacial score (nSPS) is 14.8. The number of carbonyl (C=O) groups excluding carboxylic acids is 2. The van der Waals surface area contributed by atoms with E-state index in [-0.39, 0.29) is 42.1 Å². The van der Waals surface area contributed by atoms with E-state index in [0.717, 1.165) is 12.8 Å². The molecule has 0 saturated heterocycles. The number of hydrogen-bond donors (Lipinski definition) is 1. The zero-order chi connectivity index (χ0) is 24.7. The van der Waals surface area contributed by atoms with Crippen molar-refractivity contribution in [3.05, 3.63) is 0 Å². The molecule has 0 rings (SSSR count). The molecule has 0 aliphatic heterocycles. The van der Waals surface area contributed by atoms with Gasteiger partial charge in [-0.3, -0.25) is 14.1 Å². The molecule has 0 aliphatic rings. The molecule has 0 fully saturated rings. The Bertz CT molecular complexity index is 714. The van der Waals surface area contributed by atoms with Gasteiger partial charge in [-0.2, -0.15) is 39.2 Å². The van der Waals surface area contributed by atoms with Gasteiger partial charge in [0.1, 0.15) is 0 Å². The number of hydrogen-bond acceptors (Lipinski definition) is 6. The molecule has 0 aliphatic carbocycles. The van der Waals surface area contributed by atoms with E-state index in [9.17, 15) is 48.7 Å². The van der Waals surface area contributed by atoms with Crippen molar-refractivity contribution in [2.45, 2.75) is 69.2 Å². The maximum absolute atomic E-state index is 13.1. The molecule has 0 bridgehead atoms.